The molecule has 2 aromatic rings. The molecule has 0 bridgehead atoms. The quantitative estimate of drug-likeness (QED) is 0.560. The fraction of sp³-hybridized carbons (Fsp3) is 0.474. The van der Waals surface area contributed by atoms with Crippen molar-refractivity contribution in [2.24, 2.45) is 4.99 Å². The van der Waals surface area contributed by atoms with Gasteiger partial charge in [-0.05, 0) is 38.0 Å². The standard InChI is InChI=1S/C19H28N4OS/c1-5-17-14(3)25-18(23-17)10-11-21-19(20-6-2)22-13-15-8-7-9-16(12-15)24-4/h7-9,12H,5-6,10-11,13H2,1-4H3,(H2,20,21,22). The first kappa shape index (κ1) is 19.2. The SMILES string of the molecule is CCNC(=NCc1cccc(OC)c1)NCCc1nc(CC)c(C)s1. The molecular formula is C19H28N4OS. The Morgan fingerprint density at radius 2 is 2.12 bits per heavy atom. The van der Waals surface area contributed by atoms with Crippen LogP contribution in [0.25, 0.3) is 0 Å². The summed E-state index contributed by atoms with van der Waals surface area (Å²) in [6, 6.07) is 8.00. The van der Waals surface area contributed by atoms with Crippen LogP contribution in [-0.2, 0) is 19.4 Å². The number of hydrogen-bond acceptors (Lipinski definition) is 4. The van der Waals surface area contributed by atoms with Gasteiger partial charge in [0, 0.05) is 24.4 Å². The number of hydrogen-bond donors (Lipinski definition) is 2. The van der Waals surface area contributed by atoms with E-state index >= 15 is 0 Å². The highest BCUT2D eigenvalue weighted by Crippen LogP contribution is 2.18. The normalized spacial score (nSPS) is 11.4. The highest BCUT2D eigenvalue weighted by atomic mass is 32.1. The Labute approximate surface area is 154 Å². The van der Waals surface area contributed by atoms with Crippen LogP contribution in [-0.4, -0.2) is 31.1 Å². The second-order valence-corrected chi connectivity index (χ2v) is 6.98. The van der Waals surface area contributed by atoms with Gasteiger partial charge in [-0.25, -0.2) is 9.98 Å². The highest BCUT2D eigenvalue weighted by molar-refractivity contribution is 7.11. The molecule has 6 heteroatoms. The number of aryl methyl sites for hydroxylation is 2. The van der Waals surface area contributed by atoms with Crippen LogP contribution in [0.3, 0.4) is 0 Å². The molecule has 0 aliphatic rings. The van der Waals surface area contributed by atoms with Gasteiger partial charge in [-0.1, -0.05) is 19.1 Å². The van der Waals surface area contributed by atoms with Crippen LogP contribution in [0.5, 0.6) is 5.75 Å². The summed E-state index contributed by atoms with van der Waals surface area (Å²) < 4.78 is 5.26. The van der Waals surface area contributed by atoms with Crippen molar-refractivity contribution in [1.82, 2.24) is 15.6 Å². The predicted octanol–water partition coefficient (Wildman–Crippen LogP) is 3.32. The lowest BCUT2D eigenvalue weighted by Gasteiger charge is -2.11. The summed E-state index contributed by atoms with van der Waals surface area (Å²) in [4.78, 5) is 10.7. The van der Waals surface area contributed by atoms with Gasteiger partial charge in [-0.3, -0.25) is 0 Å². The number of nitrogens with zero attached hydrogens (tertiary/aromatic N) is 2. The molecule has 25 heavy (non-hydrogen) atoms. The summed E-state index contributed by atoms with van der Waals surface area (Å²) in [5.41, 5.74) is 2.35. The van der Waals surface area contributed by atoms with Crippen LogP contribution in [0.15, 0.2) is 29.3 Å². The van der Waals surface area contributed by atoms with Crippen molar-refractivity contribution in [2.75, 3.05) is 20.2 Å². The van der Waals surface area contributed by atoms with Gasteiger partial charge in [-0.2, -0.15) is 0 Å². The van der Waals surface area contributed by atoms with Gasteiger partial charge in [0.25, 0.3) is 0 Å². The summed E-state index contributed by atoms with van der Waals surface area (Å²) in [6.45, 7) is 8.63. The van der Waals surface area contributed by atoms with E-state index in [0.29, 0.717) is 6.54 Å². The third-order valence-electron chi connectivity index (χ3n) is 3.80. The highest BCUT2D eigenvalue weighted by Gasteiger charge is 2.06. The minimum absolute atomic E-state index is 0.614. The molecule has 0 saturated carbocycles. The average Bonchev–Trinajstić information content (AvgIpc) is 2.99. The molecule has 136 valence electrons. The number of ether oxygens (including phenoxy) is 1. The van der Waals surface area contributed by atoms with Gasteiger partial charge >= 0.3 is 0 Å². The number of benzene rings is 1. The van der Waals surface area contributed by atoms with Crippen LogP contribution in [0.1, 0.15) is 35.0 Å². The first-order valence-electron chi connectivity index (χ1n) is 8.76. The van der Waals surface area contributed by atoms with E-state index in [9.17, 15) is 0 Å². The maximum Gasteiger partial charge on any atom is 0.191 e. The van der Waals surface area contributed by atoms with Gasteiger partial charge in [0.1, 0.15) is 5.75 Å². The third kappa shape index (κ3) is 6.05. The van der Waals surface area contributed by atoms with Gasteiger partial charge in [0.15, 0.2) is 5.96 Å². The molecule has 0 amide bonds. The number of thiazole rings is 1. The van der Waals surface area contributed by atoms with E-state index in [1.165, 1.54) is 15.6 Å². The number of nitrogens with one attached hydrogen (secondary N) is 2. The minimum atomic E-state index is 0.614. The van der Waals surface area contributed by atoms with Crippen molar-refractivity contribution in [3.05, 3.63) is 45.4 Å². The molecule has 0 radical (unpaired) electrons. The topological polar surface area (TPSA) is 58.5 Å². The lowest BCUT2D eigenvalue weighted by atomic mass is 10.2. The molecule has 0 unspecified atom stereocenters. The van der Waals surface area contributed by atoms with Crippen molar-refractivity contribution < 1.29 is 4.74 Å². The molecule has 1 heterocycles. The first-order chi connectivity index (χ1) is 12.2. The fourth-order valence-corrected chi connectivity index (χ4v) is 3.51. The fourth-order valence-electron chi connectivity index (χ4n) is 2.49. The summed E-state index contributed by atoms with van der Waals surface area (Å²) in [5.74, 6) is 1.69. The van der Waals surface area contributed by atoms with Crippen LogP contribution in [0.4, 0.5) is 0 Å². The molecule has 0 aliphatic carbocycles. The van der Waals surface area contributed by atoms with Crippen LogP contribution in [0, 0.1) is 6.92 Å². The zero-order valence-corrected chi connectivity index (χ0v) is 16.4. The Morgan fingerprint density at radius 3 is 2.80 bits per heavy atom. The second-order valence-electron chi connectivity index (χ2n) is 5.69. The van der Waals surface area contributed by atoms with Crippen molar-refractivity contribution in [3.8, 4) is 5.75 Å². The molecule has 0 aliphatic heterocycles. The molecule has 0 fully saturated rings. The average molecular weight is 361 g/mol. The van der Waals surface area contributed by atoms with Gasteiger partial charge in [0.2, 0.25) is 0 Å². The largest absolute Gasteiger partial charge is 0.497 e. The van der Waals surface area contributed by atoms with E-state index in [2.05, 4.69) is 47.4 Å². The molecule has 0 atom stereocenters. The molecule has 2 N–H and O–H groups in total. The van der Waals surface area contributed by atoms with Crippen LogP contribution in [0.2, 0.25) is 0 Å². The zero-order valence-electron chi connectivity index (χ0n) is 15.6. The third-order valence-corrected chi connectivity index (χ3v) is 4.87. The Morgan fingerprint density at radius 1 is 1.28 bits per heavy atom. The van der Waals surface area contributed by atoms with E-state index in [0.717, 1.165) is 43.2 Å². The monoisotopic (exact) mass is 360 g/mol. The Hall–Kier alpha value is -2.08. The molecule has 1 aromatic carbocycles. The van der Waals surface area contributed by atoms with Gasteiger partial charge in [-0.15, -0.1) is 11.3 Å². The van der Waals surface area contributed by atoms with E-state index in [1.54, 1.807) is 18.4 Å². The molecule has 1 aromatic heterocycles. The van der Waals surface area contributed by atoms with Crippen LogP contribution < -0.4 is 15.4 Å². The minimum Gasteiger partial charge on any atom is -0.497 e. The molecular weight excluding hydrogens is 332 g/mol. The van der Waals surface area contributed by atoms with Gasteiger partial charge < -0.3 is 15.4 Å². The second kappa shape index (κ2) is 10.0. The van der Waals surface area contributed by atoms with Crippen molar-refractivity contribution >= 4 is 17.3 Å². The molecule has 0 saturated heterocycles. The van der Waals surface area contributed by atoms with E-state index in [4.69, 9.17) is 4.74 Å². The number of rotatable bonds is 8. The summed E-state index contributed by atoms with van der Waals surface area (Å²) in [5, 5.41) is 7.86. The smallest absolute Gasteiger partial charge is 0.191 e. The molecule has 5 nitrogen and oxygen atoms in total. The maximum absolute atomic E-state index is 5.26. The lowest BCUT2D eigenvalue weighted by Crippen LogP contribution is -2.38. The molecule has 2 rings (SSSR count). The Bertz CT molecular complexity index is 696. The Balaban J connectivity index is 1.90. The zero-order chi connectivity index (χ0) is 18.1. The summed E-state index contributed by atoms with van der Waals surface area (Å²) >= 11 is 1.79. The first-order valence-corrected chi connectivity index (χ1v) is 9.58. The number of aromatic nitrogens is 1. The maximum atomic E-state index is 5.26. The predicted molar refractivity (Wildman–Crippen MR) is 106 cm³/mol. The van der Waals surface area contributed by atoms with E-state index < -0.39 is 0 Å². The lowest BCUT2D eigenvalue weighted by molar-refractivity contribution is 0.414. The van der Waals surface area contributed by atoms with Crippen molar-refractivity contribution in [2.45, 2.75) is 40.2 Å². The summed E-state index contributed by atoms with van der Waals surface area (Å²) in [7, 11) is 1.68. The van der Waals surface area contributed by atoms with E-state index in [1.807, 2.05) is 18.2 Å². The Kier molecular flexibility index (Phi) is 7.73. The van der Waals surface area contributed by atoms with Gasteiger partial charge in [0.05, 0.1) is 24.4 Å². The summed E-state index contributed by atoms with van der Waals surface area (Å²) in [6.07, 6.45) is 1.91. The van der Waals surface area contributed by atoms with Crippen LogP contribution >= 0.6 is 11.3 Å². The number of guanidine groups is 1. The van der Waals surface area contributed by atoms with Crippen molar-refractivity contribution in [1.29, 1.82) is 0 Å². The number of methoxy groups -OCH3 is 1. The van der Waals surface area contributed by atoms with Crippen molar-refractivity contribution in [3.63, 3.8) is 0 Å². The number of aliphatic imine (C=N–C) groups is 1. The molecule has 0 spiro atoms. The van der Waals surface area contributed by atoms with E-state index in [-0.39, 0.29) is 0 Å².